The van der Waals surface area contributed by atoms with Gasteiger partial charge < -0.3 is 19.7 Å². The van der Waals surface area contributed by atoms with Crippen molar-refractivity contribution >= 4 is 29.4 Å². The highest BCUT2D eigenvalue weighted by molar-refractivity contribution is 5.96. The molecule has 180 valence electrons. The Labute approximate surface area is 194 Å². The minimum Gasteiger partial charge on any atom is -0.465 e. The van der Waals surface area contributed by atoms with Crippen LogP contribution in [0, 0.1) is 24.5 Å². The molecule has 0 aromatic heterocycles. The molecular weight excluding hydrogens is 450 g/mol. The molecule has 1 fully saturated rings. The van der Waals surface area contributed by atoms with Gasteiger partial charge in [-0.25, -0.2) is 13.6 Å². The first-order chi connectivity index (χ1) is 16.2. The molecule has 0 radical (unpaired) electrons. The Balaban J connectivity index is 1.48. The van der Waals surface area contributed by atoms with Crippen molar-refractivity contribution in [3.05, 3.63) is 64.7 Å². The number of benzene rings is 2. The van der Waals surface area contributed by atoms with E-state index in [2.05, 4.69) is 10.1 Å². The molecule has 1 saturated heterocycles. The van der Waals surface area contributed by atoms with Gasteiger partial charge in [0.2, 0.25) is 0 Å². The molecule has 3 rings (SSSR count). The topological polar surface area (TPSA) is 102 Å². The molecule has 2 aromatic rings. The predicted octanol–water partition coefficient (Wildman–Crippen LogP) is 3.09. The Hall–Kier alpha value is -3.82. The standard InChI is InChI=1S/C24H24F2N2O6/c1-14-3-4-16(23(31)33-2)11-20(14)27-21(29)13-34-24(32)15-7-9-28(10-8-15)22(30)18-6-5-17(25)12-19(18)26/h3-6,11-12,15H,7-10,13H2,1-2H3,(H,27,29). The molecule has 0 atom stereocenters. The second-order valence-electron chi connectivity index (χ2n) is 7.87. The van der Waals surface area contributed by atoms with Crippen LogP contribution in [0.4, 0.5) is 14.5 Å². The van der Waals surface area contributed by atoms with E-state index < -0.39 is 47.9 Å². The van der Waals surface area contributed by atoms with Crippen LogP contribution in [0.1, 0.15) is 39.1 Å². The maximum atomic E-state index is 13.9. The molecule has 0 aliphatic carbocycles. The first kappa shape index (κ1) is 24.8. The predicted molar refractivity (Wildman–Crippen MR) is 117 cm³/mol. The summed E-state index contributed by atoms with van der Waals surface area (Å²) in [6.07, 6.45) is 0.574. The molecule has 1 aliphatic rings. The van der Waals surface area contributed by atoms with Crippen LogP contribution in [0.15, 0.2) is 36.4 Å². The number of aryl methyl sites for hydroxylation is 1. The van der Waals surface area contributed by atoms with Gasteiger partial charge in [0.05, 0.1) is 24.2 Å². The van der Waals surface area contributed by atoms with Crippen LogP contribution in [-0.2, 0) is 19.1 Å². The SMILES string of the molecule is COC(=O)c1ccc(C)c(NC(=O)COC(=O)C2CCN(C(=O)c3ccc(F)cc3F)CC2)c1. The minimum absolute atomic E-state index is 0.196. The van der Waals surface area contributed by atoms with Gasteiger partial charge in [-0.05, 0) is 49.6 Å². The number of carbonyl (C=O) groups excluding carboxylic acids is 4. The third kappa shape index (κ3) is 5.94. The molecule has 10 heteroatoms. The number of likely N-dealkylation sites (tertiary alicyclic amines) is 1. The third-order valence-corrected chi connectivity index (χ3v) is 5.56. The van der Waals surface area contributed by atoms with Gasteiger partial charge in [-0.2, -0.15) is 0 Å². The summed E-state index contributed by atoms with van der Waals surface area (Å²) < 4.78 is 36.7. The fourth-order valence-electron chi connectivity index (χ4n) is 3.59. The van der Waals surface area contributed by atoms with E-state index in [0.717, 1.165) is 12.1 Å². The molecule has 0 spiro atoms. The van der Waals surface area contributed by atoms with Crippen LogP contribution < -0.4 is 5.32 Å². The van der Waals surface area contributed by atoms with E-state index in [1.165, 1.54) is 18.1 Å². The molecule has 0 saturated carbocycles. The zero-order valence-electron chi connectivity index (χ0n) is 18.7. The zero-order chi connectivity index (χ0) is 24.8. The fraction of sp³-hybridized carbons (Fsp3) is 0.333. The number of amides is 2. The maximum Gasteiger partial charge on any atom is 0.337 e. The van der Waals surface area contributed by atoms with Gasteiger partial charge in [0, 0.05) is 24.8 Å². The minimum atomic E-state index is -0.940. The smallest absolute Gasteiger partial charge is 0.337 e. The lowest BCUT2D eigenvalue weighted by Crippen LogP contribution is -2.41. The van der Waals surface area contributed by atoms with E-state index >= 15 is 0 Å². The largest absolute Gasteiger partial charge is 0.465 e. The van der Waals surface area contributed by atoms with Gasteiger partial charge in [0.25, 0.3) is 11.8 Å². The van der Waals surface area contributed by atoms with Crippen molar-refractivity contribution < 1.29 is 37.4 Å². The molecule has 34 heavy (non-hydrogen) atoms. The fourth-order valence-corrected chi connectivity index (χ4v) is 3.59. The first-order valence-electron chi connectivity index (χ1n) is 10.6. The van der Waals surface area contributed by atoms with E-state index in [-0.39, 0.29) is 37.1 Å². The van der Waals surface area contributed by atoms with Crippen molar-refractivity contribution in [3.8, 4) is 0 Å². The van der Waals surface area contributed by atoms with Gasteiger partial charge in [0.1, 0.15) is 11.6 Å². The van der Waals surface area contributed by atoms with E-state index in [9.17, 15) is 28.0 Å². The summed E-state index contributed by atoms with van der Waals surface area (Å²) in [4.78, 5) is 50.1. The van der Waals surface area contributed by atoms with Gasteiger partial charge in [-0.3, -0.25) is 14.4 Å². The average molecular weight is 474 g/mol. The van der Waals surface area contributed by atoms with Gasteiger partial charge in [-0.1, -0.05) is 6.07 Å². The van der Waals surface area contributed by atoms with Gasteiger partial charge in [0.15, 0.2) is 6.61 Å². The van der Waals surface area contributed by atoms with E-state index in [1.54, 1.807) is 19.1 Å². The van der Waals surface area contributed by atoms with Gasteiger partial charge in [-0.15, -0.1) is 0 Å². The number of hydrogen-bond donors (Lipinski definition) is 1. The van der Waals surface area contributed by atoms with Crippen LogP contribution in [0.5, 0.6) is 0 Å². The second-order valence-corrected chi connectivity index (χ2v) is 7.87. The number of carbonyl (C=O) groups is 4. The number of nitrogens with one attached hydrogen (secondary N) is 1. The molecule has 1 N–H and O–H groups in total. The quantitative estimate of drug-likeness (QED) is 0.646. The van der Waals surface area contributed by atoms with Crippen LogP contribution in [0.25, 0.3) is 0 Å². The number of methoxy groups -OCH3 is 1. The Morgan fingerprint density at radius 1 is 1.06 bits per heavy atom. The molecule has 1 aliphatic heterocycles. The highest BCUT2D eigenvalue weighted by Crippen LogP contribution is 2.22. The molecule has 0 bridgehead atoms. The van der Waals surface area contributed by atoms with Gasteiger partial charge >= 0.3 is 11.9 Å². The summed E-state index contributed by atoms with van der Waals surface area (Å²) in [6.45, 7) is 1.62. The number of halogens is 2. The number of rotatable bonds is 6. The Kier molecular flexibility index (Phi) is 7.93. The molecule has 8 nitrogen and oxygen atoms in total. The van der Waals surface area contributed by atoms with Crippen molar-refractivity contribution in [1.82, 2.24) is 4.90 Å². The number of piperidine rings is 1. The molecule has 0 unspecified atom stereocenters. The summed E-state index contributed by atoms with van der Waals surface area (Å²) in [5.74, 6) is -4.50. The number of hydrogen-bond acceptors (Lipinski definition) is 6. The van der Waals surface area contributed by atoms with Crippen molar-refractivity contribution in [2.45, 2.75) is 19.8 Å². The van der Waals surface area contributed by atoms with Crippen molar-refractivity contribution in [2.75, 3.05) is 32.1 Å². The highest BCUT2D eigenvalue weighted by Gasteiger charge is 2.30. The molecule has 1 heterocycles. The Morgan fingerprint density at radius 3 is 2.41 bits per heavy atom. The first-order valence-corrected chi connectivity index (χ1v) is 10.6. The van der Waals surface area contributed by atoms with E-state index in [0.29, 0.717) is 17.3 Å². The Morgan fingerprint density at radius 2 is 1.76 bits per heavy atom. The average Bonchev–Trinajstić information content (AvgIpc) is 2.83. The lowest BCUT2D eigenvalue weighted by Gasteiger charge is -2.31. The van der Waals surface area contributed by atoms with Crippen molar-refractivity contribution in [1.29, 1.82) is 0 Å². The maximum absolute atomic E-state index is 13.9. The molecular formula is C24H24F2N2O6. The van der Waals surface area contributed by atoms with Crippen molar-refractivity contribution in [3.63, 3.8) is 0 Å². The number of esters is 2. The number of nitrogens with zero attached hydrogens (tertiary/aromatic N) is 1. The number of anilines is 1. The Bertz CT molecular complexity index is 1110. The lowest BCUT2D eigenvalue weighted by atomic mass is 9.96. The summed E-state index contributed by atoms with van der Waals surface area (Å²) in [5, 5.41) is 2.60. The van der Waals surface area contributed by atoms with Crippen molar-refractivity contribution in [2.24, 2.45) is 5.92 Å². The molecule has 2 aromatic carbocycles. The summed E-state index contributed by atoms with van der Waals surface area (Å²) in [6, 6.07) is 7.44. The summed E-state index contributed by atoms with van der Waals surface area (Å²) in [7, 11) is 1.25. The van der Waals surface area contributed by atoms with Crippen LogP contribution in [0.2, 0.25) is 0 Å². The normalized spacial score (nSPS) is 13.8. The van der Waals surface area contributed by atoms with Crippen LogP contribution in [-0.4, -0.2) is 55.5 Å². The summed E-state index contributed by atoms with van der Waals surface area (Å²) in [5.41, 5.74) is 1.14. The highest BCUT2D eigenvalue weighted by atomic mass is 19.1. The van der Waals surface area contributed by atoms with E-state index in [1.807, 2.05) is 0 Å². The zero-order valence-corrected chi connectivity index (χ0v) is 18.7. The monoisotopic (exact) mass is 474 g/mol. The van der Waals surface area contributed by atoms with Crippen LogP contribution >= 0.6 is 0 Å². The summed E-state index contributed by atoms with van der Waals surface area (Å²) >= 11 is 0. The number of ether oxygens (including phenoxy) is 2. The second kappa shape index (κ2) is 10.9. The molecule has 2 amide bonds. The van der Waals surface area contributed by atoms with E-state index in [4.69, 9.17) is 4.74 Å². The lowest BCUT2D eigenvalue weighted by molar-refractivity contribution is -0.152. The van der Waals surface area contributed by atoms with Crippen LogP contribution in [0.3, 0.4) is 0 Å². The third-order valence-electron chi connectivity index (χ3n) is 5.56.